The van der Waals surface area contributed by atoms with E-state index < -0.39 is 0 Å². The number of aryl methyl sites for hydroxylation is 3. The van der Waals surface area contributed by atoms with Gasteiger partial charge in [0.25, 0.3) is 0 Å². The molecule has 1 N–H and O–H groups in total. The van der Waals surface area contributed by atoms with Crippen LogP contribution < -0.4 is 5.32 Å². The van der Waals surface area contributed by atoms with Crippen LogP contribution in [0, 0.1) is 13.8 Å². The van der Waals surface area contributed by atoms with E-state index in [0.717, 1.165) is 28.9 Å². The van der Waals surface area contributed by atoms with Gasteiger partial charge in [-0.05, 0) is 72.9 Å². The quantitative estimate of drug-likeness (QED) is 0.544. The van der Waals surface area contributed by atoms with Crippen LogP contribution in [0.1, 0.15) is 43.4 Å². The van der Waals surface area contributed by atoms with Gasteiger partial charge >= 0.3 is 0 Å². The Morgan fingerprint density at radius 1 is 1.14 bits per heavy atom. The number of tetrazole rings is 1. The molecule has 0 radical (unpaired) electrons. The van der Waals surface area contributed by atoms with Crippen molar-refractivity contribution in [2.45, 2.75) is 57.4 Å². The van der Waals surface area contributed by atoms with E-state index in [4.69, 9.17) is 0 Å². The number of rotatable bonds is 8. The number of thioether (sulfide) groups is 1. The van der Waals surface area contributed by atoms with Gasteiger partial charge in [0.15, 0.2) is 0 Å². The molecule has 1 unspecified atom stereocenters. The second kappa shape index (κ2) is 9.69. The van der Waals surface area contributed by atoms with Gasteiger partial charge in [0, 0.05) is 5.69 Å². The molecule has 0 aliphatic rings. The number of nitrogens with zero attached hydrogens (tertiary/aromatic N) is 4. The second-order valence-corrected chi connectivity index (χ2v) is 8.47. The maximum absolute atomic E-state index is 12.7. The van der Waals surface area contributed by atoms with Crippen LogP contribution in [0.15, 0.2) is 47.6 Å². The van der Waals surface area contributed by atoms with Gasteiger partial charge in [0.2, 0.25) is 11.1 Å². The predicted octanol–water partition coefficient (Wildman–Crippen LogP) is 4.74. The third-order valence-electron chi connectivity index (χ3n) is 4.82. The van der Waals surface area contributed by atoms with Crippen LogP contribution in [0.5, 0.6) is 0 Å². The Balaban J connectivity index is 1.70. The van der Waals surface area contributed by atoms with Gasteiger partial charge in [-0.25, -0.2) is 0 Å². The predicted molar refractivity (Wildman–Crippen MR) is 118 cm³/mol. The summed E-state index contributed by atoms with van der Waals surface area (Å²) < 4.78 is 1.68. The molecule has 1 amide bonds. The fourth-order valence-corrected chi connectivity index (χ4v) is 3.85. The van der Waals surface area contributed by atoms with Gasteiger partial charge in [0.1, 0.15) is 0 Å². The molecule has 1 atom stereocenters. The zero-order chi connectivity index (χ0) is 20.8. The number of para-hydroxylation sites is 1. The van der Waals surface area contributed by atoms with Crippen molar-refractivity contribution in [1.29, 1.82) is 0 Å². The maximum atomic E-state index is 12.7. The third-order valence-corrected chi connectivity index (χ3v) is 5.85. The van der Waals surface area contributed by atoms with E-state index in [1.54, 1.807) is 4.68 Å². The molecule has 0 saturated heterocycles. The van der Waals surface area contributed by atoms with Crippen molar-refractivity contribution in [3.63, 3.8) is 0 Å². The summed E-state index contributed by atoms with van der Waals surface area (Å²) in [7, 11) is 0. The van der Waals surface area contributed by atoms with Gasteiger partial charge < -0.3 is 5.32 Å². The largest absolute Gasteiger partial charge is 0.325 e. The topological polar surface area (TPSA) is 72.7 Å². The Morgan fingerprint density at radius 2 is 1.83 bits per heavy atom. The standard InChI is InChI=1S/C22H27N5OS/c1-5-6-10-18-11-13-19(14-12-18)27-22(24-25-26-27)29-17(4)21(28)23-20-15(2)8-7-9-16(20)3/h7-9,11-14,17H,5-6,10H2,1-4H3,(H,23,28). The summed E-state index contributed by atoms with van der Waals surface area (Å²) in [6.07, 6.45) is 3.43. The zero-order valence-electron chi connectivity index (χ0n) is 17.3. The molecule has 1 aromatic heterocycles. The molecule has 0 aliphatic heterocycles. The number of anilines is 1. The normalized spacial score (nSPS) is 12.0. The van der Waals surface area contributed by atoms with E-state index >= 15 is 0 Å². The van der Waals surface area contributed by atoms with Gasteiger partial charge in [-0.3, -0.25) is 4.79 Å². The second-order valence-electron chi connectivity index (χ2n) is 7.16. The minimum atomic E-state index is -0.345. The fourth-order valence-electron chi connectivity index (χ4n) is 3.05. The van der Waals surface area contributed by atoms with Gasteiger partial charge in [0.05, 0.1) is 10.9 Å². The fraction of sp³-hybridized carbons (Fsp3) is 0.364. The average Bonchev–Trinajstić information content (AvgIpc) is 3.17. The highest BCUT2D eigenvalue weighted by molar-refractivity contribution is 8.00. The highest BCUT2D eigenvalue weighted by Crippen LogP contribution is 2.26. The van der Waals surface area contributed by atoms with Crippen LogP contribution in [0.25, 0.3) is 5.69 Å². The van der Waals surface area contributed by atoms with E-state index in [2.05, 4.69) is 39.9 Å². The number of unbranched alkanes of at least 4 members (excludes halogenated alkanes) is 1. The van der Waals surface area contributed by atoms with Crippen LogP contribution in [-0.4, -0.2) is 31.4 Å². The lowest BCUT2D eigenvalue weighted by atomic mass is 10.1. The number of amides is 1. The number of aromatic nitrogens is 4. The Kier molecular flexibility index (Phi) is 7.04. The van der Waals surface area contributed by atoms with Crippen LogP contribution in [0.4, 0.5) is 5.69 Å². The highest BCUT2D eigenvalue weighted by Gasteiger charge is 2.20. The first-order valence-corrected chi connectivity index (χ1v) is 10.8. The van der Waals surface area contributed by atoms with Crippen molar-refractivity contribution < 1.29 is 4.79 Å². The lowest BCUT2D eigenvalue weighted by Gasteiger charge is -2.15. The van der Waals surface area contributed by atoms with E-state index in [9.17, 15) is 4.79 Å². The molecule has 0 fully saturated rings. The first-order chi connectivity index (χ1) is 14.0. The summed E-state index contributed by atoms with van der Waals surface area (Å²) >= 11 is 1.34. The zero-order valence-corrected chi connectivity index (χ0v) is 18.2. The van der Waals surface area contributed by atoms with Crippen LogP contribution in [-0.2, 0) is 11.2 Å². The Labute approximate surface area is 176 Å². The van der Waals surface area contributed by atoms with Crippen molar-refractivity contribution in [3.05, 3.63) is 59.2 Å². The molecular formula is C22H27N5OS. The first kappa shape index (κ1) is 21.0. The van der Waals surface area contributed by atoms with E-state index in [-0.39, 0.29) is 11.2 Å². The number of benzene rings is 2. The van der Waals surface area contributed by atoms with E-state index in [1.165, 1.54) is 30.2 Å². The van der Waals surface area contributed by atoms with Crippen molar-refractivity contribution in [3.8, 4) is 5.69 Å². The third kappa shape index (κ3) is 5.23. The minimum Gasteiger partial charge on any atom is -0.325 e. The molecule has 0 aliphatic carbocycles. The number of carbonyl (C=O) groups is 1. The SMILES string of the molecule is CCCCc1ccc(-n2nnnc2SC(C)C(=O)Nc2c(C)cccc2C)cc1. The highest BCUT2D eigenvalue weighted by atomic mass is 32.2. The summed E-state index contributed by atoms with van der Waals surface area (Å²) in [4.78, 5) is 12.7. The molecule has 0 bridgehead atoms. The number of hydrogen-bond acceptors (Lipinski definition) is 5. The van der Waals surface area contributed by atoms with Crippen molar-refractivity contribution >= 4 is 23.4 Å². The monoisotopic (exact) mass is 409 g/mol. The van der Waals surface area contributed by atoms with E-state index in [0.29, 0.717) is 5.16 Å². The van der Waals surface area contributed by atoms with Crippen LogP contribution in [0.2, 0.25) is 0 Å². The lowest BCUT2D eigenvalue weighted by molar-refractivity contribution is -0.115. The molecule has 1 heterocycles. The Morgan fingerprint density at radius 3 is 2.48 bits per heavy atom. The summed E-state index contributed by atoms with van der Waals surface area (Å²) in [6.45, 7) is 8.04. The van der Waals surface area contributed by atoms with Crippen molar-refractivity contribution in [2.24, 2.45) is 0 Å². The molecule has 7 heteroatoms. The molecule has 29 heavy (non-hydrogen) atoms. The van der Waals surface area contributed by atoms with Gasteiger partial charge in [-0.15, -0.1) is 5.10 Å². The summed E-state index contributed by atoms with van der Waals surface area (Å²) in [6, 6.07) is 14.2. The van der Waals surface area contributed by atoms with Crippen molar-refractivity contribution in [1.82, 2.24) is 20.2 Å². The number of carbonyl (C=O) groups excluding carboxylic acids is 1. The van der Waals surface area contributed by atoms with Crippen molar-refractivity contribution in [2.75, 3.05) is 5.32 Å². The van der Waals surface area contributed by atoms with E-state index in [1.807, 2.05) is 51.1 Å². The van der Waals surface area contributed by atoms with Crippen LogP contribution in [0.3, 0.4) is 0 Å². The lowest BCUT2D eigenvalue weighted by Crippen LogP contribution is -2.23. The number of nitrogens with one attached hydrogen (secondary N) is 1. The summed E-state index contributed by atoms with van der Waals surface area (Å²) in [5.74, 6) is -0.0723. The molecule has 3 aromatic rings. The average molecular weight is 410 g/mol. The van der Waals surface area contributed by atoms with Gasteiger partial charge in [-0.2, -0.15) is 4.68 Å². The van der Waals surface area contributed by atoms with Crippen LogP contribution >= 0.6 is 11.8 Å². The molecule has 6 nitrogen and oxygen atoms in total. The number of hydrogen-bond donors (Lipinski definition) is 1. The first-order valence-electron chi connectivity index (χ1n) is 9.91. The molecule has 3 rings (SSSR count). The smallest absolute Gasteiger partial charge is 0.237 e. The molecule has 0 spiro atoms. The molecule has 0 saturated carbocycles. The molecular weight excluding hydrogens is 382 g/mol. The Hall–Kier alpha value is -2.67. The Bertz CT molecular complexity index is 947. The van der Waals surface area contributed by atoms with Gasteiger partial charge in [-0.1, -0.05) is 55.4 Å². The molecule has 2 aromatic carbocycles. The minimum absolute atomic E-state index is 0.0723. The molecule has 152 valence electrons. The summed E-state index contributed by atoms with van der Waals surface area (Å²) in [5.41, 5.74) is 5.15. The maximum Gasteiger partial charge on any atom is 0.237 e. The summed E-state index contributed by atoms with van der Waals surface area (Å²) in [5, 5.41) is 15.3.